The van der Waals surface area contributed by atoms with Gasteiger partial charge in [-0.05, 0) is 12.1 Å². The molecule has 0 bridgehead atoms. The number of anilines is 1. The van der Waals surface area contributed by atoms with Crippen LogP contribution in [-0.4, -0.2) is 28.0 Å². The highest BCUT2D eigenvalue weighted by Crippen LogP contribution is 2.23. The predicted molar refractivity (Wildman–Crippen MR) is 61.0 cm³/mol. The summed E-state index contributed by atoms with van der Waals surface area (Å²) in [6.07, 6.45) is 0. The molecule has 17 heavy (non-hydrogen) atoms. The number of carbonyl (C=O) groups is 1. The molecule has 0 unspecified atom stereocenters. The number of aromatic hydroxyl groups is 1. The molecule has 0 fully saturated rings. The number of phenolic OH excluding ortho intramolecular Hbond substituents is 1. The Morgan fingerprint density at radius 3 is 2.82 bits per heavy atom. The fraction of sp³-hybridized carbons (Fsp3) is 0.0909. The molecular weight excluding hydrogens is 222 g/mol. The largest absolute Gasteiger partial charge is 0.506 e. The number of carbonyl (C=O) groups excluding carboxylic acids is 1. The molecule has 0 spiro atoms. The molecule has 1 aromatic heterocycles. The molecule has 0 aliphatic carbocycles. The van der Waals surface area contributed by atoms with Gasteiger partial charge in [0.15, 0.2) is 5.69 Å². The Kier molecular flexibility index (Phi) is 2.70. The van der Waals surface area contributed by atoms with Gasteiger partial charge in [0.05, 0.1) is 7.11 Å². The van der Waals surface area contributed by atoms with Crippen LogP contribution in [-0.2, 0) is 4.74 Å². The van der Waals surface area contributed by atoms with E-state index in [4.69, 9.17) is 5.73 Å². The number of nitrogens with two attached hydrogens (primary N) is 1. The Balaban J connectivity index is 2.50. The average molecular weight is 233 g/mol. The normalized spacial score (nSPS) is 10.2. The van der Waals surface area contributed by atoms with Gasteiger partial charge in [-0.25, -0.2) is 9.48 Å². The summed E-state index contributed by atoms with van der Waals surface area (Å²) in [6, 6.07) is 7.94. The molecule has 3 N–H and O–H groups in total. The van der Waals surface area contributed by atoms with Crippen LogP contribution in [0.15, 0.2) is 30.3 Å². The van der Waals surface area contributed by atoms with Gasteiger partial charge in [-0.3, -0.25) is 0 Å². The number of benzene rings is 1. The van der Waals surface area contributed by atoms with Crippen molar-refractivity contribution in [1.82, 2.24) is 9.78 Å². The van der Waals surface area contributed by atoms with Crippen LogP contribution in [0.3, 0.4) is 0 Å². The van der Waals surface area contributed by atoms with Gasteiger partial charge in [0.1, 0.15) is 17.3 Å². The number of methoxy groups -OCH3 is 1. The quantitative estimate of drug-likeness (QED) is 0.753. The van der Waals surface area contributed by atoms with Crippen molar-refractivity contribution in [1.29, 1.82) is 0 Å². The van der Waals surface area contributed by atoms with Crippen molar-refractivity contribution >= 4 is 11.8 Å². The van der Waals surface area contributed by atoms with Crippen molar-refractivity contribution in [3.05, 3.63) is 36.0 Å². The van der Waals surface area contributed by atoms with Gasteiger partial charge in [-0.2, -0.15) is 5.10 Å². The van der Waals surface area contributed by atoms with Crippen molar-refractivity contribution in [3.8, 4) is 11.4 Å². The zero-order valence-corrected chi connectivity index (χ0v) is 9.12. The van der Waals surface area contributed by atoms with Crippen LogP contribution in [0, 0.1) is 0 Å². The van der Waals surface area contributed by atoms with E-state index in [0.717, 1.165) is 0 Å². The Labute approximate surface area is 97.2 Å². The van der Waals surface area contributed by atoms with Crippen LogP contribution in [0.4, 0.5) is 5.82 Å². The summed E-state index contributed by atoms with van der Waals surface area (Å²) in [6.45, 7) is 0. The second-order valence-electron chi connectivity index (χ2n) is 3.35. The molecule has 0 atom stereocenters. The topological polar surface area (TPSA) is 90.4 Å². The molecule has 1 aromatic carbocycles. The lowest BCUT2D eigenvalue weighted by molar-refractivity contribution is 0.0593. The number of hydrogen-bond acceptors (Lipinski definition) is 5. The lowest BCUT2D eigenvalue weighted by Gasteiger charge is -2.05. The summed E-state index contributed by atoms with van der Waals surface area (Å²) in [4.78, 5) is 11.3. The number of nitrogen functional groups attached to an aromatic ring is 1. The SMILES string of the molecule is COC(=O)c1cc(N)n(-c2ccccc2O)n1. The van der Waals surface area contributed by atoms with Crippen molar-refractivity contribution < 1.29 is 14.6 Å². The minimum absolute atomic E-state index is 0.0266. The van der Waals surface area contributed by atoms with Gasteiger partial charge in [-0.15, -0.1) is 0 Å². The second-order valence-corrected chi connectivity index (χ2v) is 3.35. The first-order valence-corrected chi connectivity index (χ1v) is 4.85. The number of ether oxygens (including phenoxy) is 1. The standard InChI is InChI=1S/C11H11N3O3/c1-17-11(16)7-6-10(12)14(13-7)8-4-2-3-5-9(8)15/h2-6,15H,12H2,1H3. The van der Waals surface area contributed by atoms with E-state index in [9.17, 15) is 9.90 Å². The first-order valence-electron chi connectivity index (χ1n) is 4.85. The van der Waals surface area contributed by atoms with Gasteiger partial charge >= 0.3 is 5.97 Å². The first-order chi connectivity index (χ1) is 8.13. The summed E-state index contributed by atoms with van der Waals surface area (Å²) < 4.78 is 5.82. The Bertz CT molecular complexity index is 563. The minimum Gasteiger partial charge on any atom is -0.506 e. The lowest BCUT2D eigenvalue weighted by atomic mass is 10.3. The Morgan fingerprint density at radius 2 is 2.18 bits per heavy atom. The number of rotatable bonds is 2. The zero-order chi connectivity index (χ0) is 12.4. The van der Waals surface area contributed by atoms with E-state index < -0.39 is 5.97 Å². The van der Waals surface area contributed by atoms with Gasteiger partial charge in [0.2, 0.25) is 0 Å². The molecule has 88 valence electrons. The molecule has 6 heteroatoms. The van der Waals surface area contributed by atoms with Crippen LogP contribution in [0.2, 0.25) is 0 Å². The molecule has 0 amide bonds. The second kappa shape index (κ2) is 4.17. The van der Waals surface area contributed by atoms with E-state index in [1.807, 2.05) is 0 Å². The van der Waals surface area contributed by atoms with Crippen LogP contribution in [0.1, 0.15) is 10.5 Å². The van der Waals surface area contributed by atoms with Gasteiger partial charge in [0.25, 0.3) is 0 Å². The van der Waals surface area contributed by atoms with E-state index in [1.165, 1.54) is 23.9 Å². The molecule has 0 aliphatic heterocycles. The summed E-state index contributed by atoms with van der Waals surface area (Å²) in [7, 11) is 1.26. The van der Waals surface area contributed by atoms with Crippen molar-refractivity contribution in [2.45, 2.75) is 0 Å². The molecule has 2 rings (SSSR count). The van der Waals surface area contributed by atoms with E-state index in [-0.39, 0.29) is 17.3 Å². The predicted octanol–water partition coefficient (Wildman–Crippen LogP) is 0.947. The Morgan fingerprint density at radius 1 is 1.47 bits per heavy atom. The number of nitrogens with zero attached hydrogens (tertiary/aromatic N) is 2. The van der Waals surface area contributed by atoms with Crippen LogP contribution in [0.5, 0.6) is 5.75 Å². The maximum Gasteiger partial charge on any atom is 0.358 e. The summed E-state index contributed by atoms with van der Waals surface area (Å²) >= 11 is 0. The molecule has 0 aliphatic rings. The number of aromatic nitrogens is 2. The van der Waals surface area contributed by atoms with Gasteiger partial charge < -0.3 is 15.6 Å². The van der Waals surface area contributed by atoms with E-state index in [0.29, 0.717) is 5.69 Å². The number of para-hydroxylation sites is 2. The monoisotopic (exact) mass is 233 g/mol. The van der Waals surface area contributed by atoms with Gasteiger partial charge in [-0.1, -0.05) is 12.1 Å². The number of hydrogen-bond donors (Lipinski definition) is 2. The van der Waals surface area contributed by atoms with Crippen molar-refractivity contribution in [3.63, 3.8) is 0 Å². The maximum absolute atomic E-state index is 11.3. The van der Waals surface area contributed by atoms with E-state index >= 15 is 0 Å². The highest BCUT2D eigenvalue weighted by atomic mass is 16.5. The van der Waals surface area contributed by atoms with E-state index in [2.05, 4.69) is 9.84 Å². The molecule has 1 heterocycles. The van der Waals surface area contributed by atoms with Crippen LogP contribution < -0.4 is 5.73 Å². The third-order valence-corrected chi connectivity index (χ3v) is 2.24. The van der Waals surface area contributed by atoms with Crippen molar-refractivity contribution in [2.24, 2.45) is 0 Å². The van der Waals surface area contributed by atoms with Crippen LogP contribution in [0.25, 0.3) is 5.69 Å². The van der Waals surface area contributed by atoms with E-state index in [1.54, 1.807) is 18.2 Å². The Hall–Kier alpha value is -2.50. The third kappa shape index (κ3) is 1.92. The third-order valence-electron chi connectivity index (χ3n) is 2.24. The molecule has 2 aromatic rings. The summed E-state index contributed by atoms with van der Waals surface area (Å²) in [5.41, 5.74) is 6.21. The molecule has 0 saturated carbocycles. The summed E-state index contributed by atoms with van der Waals surface area (Å²) in [5.74, 6) is -0.309. The minimum atomic E-state index is -0.578. The molecule has 0 radical (unpaired) electrons. The fourth-order valence-corrected chi connectivity index (χ4v) is 1.44. The smallest absolute Gasteiger partial charge is 0.358 e. The first kappa shape index (κ1) is 11.0. The van der Waals surface area contributed by atoms with Crippen LogP contribution >= 0.6 is 0 Å². The number of esters is 1. The number of phenols is 1. The molecule has 6 nitrogen and oxygen atoms in total. The van der Waals surface area contributed by atoms with Gasteiger partial charge in [0, 0.05) is 6.07 Å². The molecular formula is C11H11N3O3. The zero-order valence-electron chi connectivity index (χ0n) is 9.12. The summed E-state index contributed by atoms with van der Waals surface area (Å²) in [5, 5.41) is 13.6. The highest BCUT2D eigenvalue weighted by molar-refractivity contribution is 5.88. The molecule has 0 saturated heterocycles. The average Bonchev–Trinajstić information content (AvgIpc) is 2.71. The maximum atomic E-state index is 11.3. The van der Waals surface area contributed by atoms with Crippen molar-refractivity contribution in [2.75, 3.05) is 12.8 Å². The highest BCUT2D eigenvalue weighted by Gasteiger charge is 2.15. The lowest BCUT2D eigenvalue weighted by Crippen LogP contribution is -2.05. The fourth-order valence-electron chi connectivity index (χ4n) is 1.44.